The lowest BCUT2D eigenvalue weighted by Gasteiger charge is -2.44. The van der Waals surface area contributed by atoms with Gasteiger partial charge in [0.1, 0.15) is 5.54 Å². The molecule has 2 amide bonds. The Morgan fingerprint density at radius 1 is 1.00 bits per heavy atom. The zero-order valence-corrected chi connectivity index (χ0v) is 18.4. The van der Waals surface area contributed by atoms with E-state index < -0.39 is 5.54 Å². The predicted octanol–water partition coefficient (Wildman–Crippen LogP) is 4.92. The molecular formula is C26H25ClN2O2. The molecule has 0 radical (unpaired) electrons. The van der Waals surface area contributed by atoms with Crippen molar-refractivity contribution in [3.8, 4) is 0 Å². The van der Waals surface area contributed by atoms with Gasteiger partial charge in [0.05, 0.1) is 0 Å². The number of benzene rings is 3. The number of rotatable bonds is 5. The number of hydrogen-bond acceptors (Lipinski definition) is 2. The minimum atomic E-state index is -0.997. The molecule has 0 aliphatic carbocycles. The van der Waals surface area contributed by atoms with E-state index in [1.165, 1.54) is 0 Å². The minimum absolute atomic E-state index is 0.119. The van der Waals surface area contributed by atoms with Gasteiger partial charge < -0.3 is 10.2 Å². The second-order valence-corrected chi connectivity index (χ2v) is 8.73. The normalized spacial score (nSPS) is 17.9. The van der Waals surface area contributed by atoms with E-state index in [4.69, 9.17) is 11.6 Å². The van der Waals surface area contributed by atoms with Gasteiger partial charge in [0.25, 0.3) is 5.91 Å². The first kappa shape index (κ1) is 21.1. The molecule has 3 aromatic carbocycles. The molecule has 0 unspecified atom stereocenters. The Morgan fingerprint density at radius 3 is 2.35 bits per heavy atom. The minimum Gasteiger partial charge on any atom is -0.350 e. The van der Waals surface area contributed by atoms with Crippen molar-refractivity contribution in [1.29, 1.82) is 0 Å². The highest BCUT2D eigenvalue weighted by atomic mass is 35.5. The van der Waals surface area contributed by atoms with Crippen LogP contribution in [0.4, 0.5) is 0 Å². The molecule has 3 aromatic rings. The zero-order chi connectivity index (χ0) is 22.0. The zero-order valence-electron chi connectivity index (χ0n) is 17.7. The number of halogens is 1. The van der Waals surface area contributed by atoms with Gasteiger partial charge in [0.15, 0.2) is 0 Å². The Bertz CT molecular complexity index is 1110. The average molecular weight is 433 g/mol. The van der Waals surface area contributed by atoms with Crippen LogP contribution in [0.5, 0.6) is 0 Å². The number of aryl methyl sites for hydroxylation is 1. The molecule has 5 heteroatoms. The largest absolute Gasteiger partial charge is 0.350 e. The molecule has 0 fully saturated rings. The van der Waals surface area contributed by atoms with Crippen LogP contribution in [0.3, 0.4) is 0 Å². The SMILES string of the molecule is Cc1ccc(CN2C(=O)c3ccccc3C[C@]2(C)C(=O)NCc2ccc(Cl)cc2)cc1. The van der Waals surface area contributed by atoms with Crippen LogP contribution in [0.1, 0.15) is 39.5 Å². The van der Waals surface area contributed by atoms with Crippen molar-refractivity contribution in [2.24, 2.45) is 0 Å². The fraction of sp³-hybridized carbons (Fsp3) is 0.231. The lowest BCUT2D eigenvalue weighted by Crippen LogP contribution is -2.62. The molecule has 0 saturated carbocycles. The summed E-state index contributed by atoms with van der Waals surface area (Å²) in [6.45, 7) is 4.63. The van der Waals surface area contributed by atoms with E-state index in [2.05, 4.69) is 5.32 Å². The third-order valence-corrected chi connectivity index (χ3v) is 6.19. The van der Waals surface area contributed by atoms with Crippen LogP contribution in [0.2, 0.25) is 5.02 Å². The maximum absolute atomic E-state index is 13.5. The van der Waals surface area contributed by atoms with Gasteiger partial charge in [-0.3, -0.25) is 9.59 Å². The van der Waals surface area contributed by atoms with Crippen LogP contribution in [0, 0.1) is 6.92 Å². The summed E-state index contributed by atoms with van der Waals surface area (Å²) in [6.07, 6.45) is 0.466. The first-order valence-corrected chi connectivity index (χ1v) is 10.7. The Kier molecular flexibility index (Phi) is 5.84. The van der Waals surface area contributed by atoms with E-state index in [9.17, 15) is 9.59 Å². The molecule has 0 saturated heterocycles. The number of hydrogen-bond donors (Lipinski definition) is 1. The monoisotopic (exact) mass is 432 g/mol. The summed E-state index contributed by atoms with van der Waals surface area (Å²) in [7, 11) is 0. The molecule has 31 heavy (non-hydrogen) atoms. The summed E-state index contributed by atoms with van der Waals surface area (Å²) in [4.78, 5) is 28.6. The summed E-state index contributed by atoms with van der Waals surface area (Å²) < 4.78 is 0. The Hall–Kier alpha value is -3.11. The van der Waals surface area contributed by atoms with Gasteiger partial charge in [-0.2, -0.15) is 0 Å². The quantitative estimate of drug-likeness (QED) is 0.622. The second kappa shape index (κ2) is 8.56. The van der Waals surface area contributed by atoms with Crippen LogP contribution in [0.25, 0.3) is 0 Å². The van der Waals surface area contributed by atoms with Crippen LogP contribution in [-0.4, -0.2) is 22.3 Å². The Labute approximate surface area is 187 Å². The van der Waals surface area contributed by atoms with Crippen molar-refractivity contribution in [2.45, 2.75) is 38.9 Å². The van der Waals surface area contributed by atoms with Crippen molar-refractivity contribution in [2.75, 3.05) is 0 Å². The molecule has 1 N–H and O–H groups in total. The van der Waals surface area contributed by atoms with Gasteiger partial charge in [-0.25, -0.2) is 0 Å². The number of fused-ring (bicyclic) bond motifs is 1. The number of nitrogens with one attached hydrogen (secondary N) is 1. The topological polar surface area (TPSA) is 49.4 Å². The molecular weight excluding hydrogens is 408 g/mol. The molecule has 1 atom stereocenters. The molecule has 0 aromatic heterocycles. The van der Waals surface area contributed by atoms with Crippen molar-refractivity contribution in [3.05, 3.63) is 106 Å². The first-order chi connectivity index (χ1) is 14.9. The van der Waals surface area contributed by atoms with Crippen LogP contribution in [-0.2, 0) is 24.3 Å². The molecule has 4 nitrogen and oxygen atoms in total. The predicted molar refractivity (Wildman–Crippen MR) is 123 cm³/mol. The van der Waals surface area contributed by atoms with E-state index >= 15 is 0 Å². The lowest BCUT2D eigenvalue weighted by atomic mass is 9.82. The third-order valence-electron chi connectivity index (χ3n) is 5.94. The third kappa shape index (κ3) is 4.35. The smallest absolute Gasteiger partial charge is 0.255 e. The Balaban J connectivity index is 1.63. The van der Waals surface area contributed by atoms with Crippen molar-refractivity contribution < 1.29 is 9.59 Å². The van der Waals surface area contributed by atoms with E-state index in [1.54, 1.807) is 17.0 Å². The molecule has 1 heterocycles. The average Bonchev–Trinajstić information content (AvgIpc) is 2.77. The van der Waals surface area contributed by atoms with Crippen LogP contribution in [0.15, 0.2) is 72.8 Å². The maximum Gasteiger partial charge on any atom is 0.255 e. The number of amides is 2. The van der Waals surface area contributed by atoms with Crippen molar-refractivity contribution in [3.63, 3.8) is 0 Å². The van der Waals surface area contributed by atoms with E-state index in [1.807, 2.05) is 74.5 Å². The Morgan fingerprint density at radius 2 is 1.65 bits per heavy atom. The summed E-state index contributed by atoms with van der Waals surface area (Å²) in [5, 5.41) is 3.68. The van der Waals surface area contributed by atoms with E-state index in [0.717, 1.165) is 22.3 Å². The summed E-state index contributed by atoms with van der Waals surface area (Å²) in [5.74, 6) is -0.288. The summed E-state index contributed by atoms with van der Waals surface area (Å²) in [5.41, 5.74) is 3.67. The summed E-state index contributed by atoms with van der Waals surface area (Å²) in [6, 6.07) is 23.0. The first-order valence-electron chi connectivity index (χ1n) is 10.3. The van der Waals surface area contributed by atoms with Crippen molar-refractivity contribution >= 4 is 23.4 Å². The molecule has 1 aliphatic rings. The molecule has 1 aliphatic heterocycles. The van der Waals surface area contributed by atoms with Crippen molar-refractivity contribution in [1.82, 2.24) is 10.2 Å². The highest BCUT2D eigenvalue weighted by molar-refractivity contribution is 6.30. The van der Waals surface area contributed by atoms with E-state index in [-0.39, 0.29) is 11.8 Å². The van der Waals surface area contributed by atoms with Gasteiger partial charge >= 0.3 is 0 Å². The highest BCUT2D eigenvalue weighted by Gasteiger charge is 2.46. The number of carbonyl (C=O) groups excluding carboxylic acids is 2. The molecule has 0 spiro atoms. The van der Waals surface area contributed by atoms with Crippen LogP contribution >= 0.6 is 11.6 Å². The standard InChI is InChI=1S/C26H25ClN2O2/c1-18-7-9-20(10-8-18)17-29-24(30)23-6-4-3-5-21(23)15-26(29,2)25(31)28-16-19-11-13-22(27)14-12-19/h3-14H,15-17H2,1-2H3,(H,28,31)/t26-/m1/s1. The maximum atomic E-state index is 13.5. The highest BCUT2D eigenvalue weighted by Crippen LogP contribution is 2.33. The van der Waals surface area contributed by atoms with E-state index in [0.29, 0.717) is 30.1 Å². The van der Waals surface area contributed by atoms with Gasteiger partial charge in [-0.15, -0.1) is 0 Å². The number of carbonyl (C=O) groups is 2. The summed E-state index contributed by atoms with van der Waals surface area (Å²) >= 11 is 5.96. The fourth-order valence-electron chi connectivity index (χ4n) is 4.02. The van der Waals surface area contributed by atoms with Gasteiger partial charge in [0.2, 0.25) is 5.91 Å². The fourth-order valence-corrected chi connectivity index (χ4v) is 4.15. The van der Waals surface area contributed by atoms with Gasteiger partial charge in [0, 0.05) is 30.1 Å². The van der Waals surface area contributed by atoms with Gasteiger partial charge in [-0.05, 0) is 48.7 Å². The molecule has 158 valence electrons. The second-order valence-electron chi connectivity index (χ2n) is 8.29. The molecule has 0 bridgehead atoms. The van der Waals surface area contributed by atoms with Crippen LogP contribution < -0.4 is 5.32 Å². The molecule has 4 rings (SSSR count). The van der Waals surface area contributed by atoms with Gasteiger partial charge in [-0.1, -0.05) is 71.8 Å². The lowest BCUT2D eigenvalue weighted by molar-refractivity contribution is -0.132. The number of nitrogens with zero attached hydrogens (tertiary/aromatic N) is 1.